The van der Waals surface area contributed by atoms with Crippen LogP contribution >= 0.6 is 0 Å². The first-order valence-electron chi connectivity index (χ1n) is 10.5. The van der Waals surface area contributed by atoms with Crippen LogP contribution in [0, 0.1) is 5.92 Å². The maximum absolute atomic E-state index is 12.4. The van der Waals surface area contributed by atoms with E-state index in [2.05, 4.69) is 49.6 Å². The molecular formula is C24H39NO. The van der Waals surface area contributed by atoms with Crippen LogP contribution in [0.25, 0.3) is 0 Å². The quantitative estimate of drug-likeness (QED) is 0.219. The summed E-state index contributed by atoms with van der Waals surface area (Å²) in [6.45, 7) is 11.3. The summed E-state index contributed by atoms with van der Waals surface area (Å²) < 4.78 is 0. The van der Waals surface area contributed by atoms with Crippen LogP contribution in [-0.4, -0.2) is 23.4 Å². The number of allylic oxidation sites excluding steroid dienone is 6. The van der Waals surface area contributed by atoms with Crippen molar-refractivity contribution in [1.82, 2.24) is 4.90 Å². The number of rotatable bonds is 12. The van der Waals surface area contributed by atoms with Gasteiger partial charge in [-0.05, 0) is 44.1 Å². The zero-order valence-corrected chi connectivity index (χ0v) is 17.3. The van der Waals surface area contributed by atoms with E-state index in [9.17, 15) is 4.79 Å². The summed E-state index contributed by atoms with van der Waals surface area (Å²) in [5.74, 6) is 0.793. The summed E-state index contributed by atoms with van der Waals surface area (Å²) in [6.07, 6.45) is 22.8. The highest BCUT2D eigenvalue weighted by Crippen LogP contribution is 2.22. The van der Waals surface area contributed by atoms with Gasteiger partial charge in [0, 0.05) is 19.0 Å². The van der Waals surface area contributed by atoms with E-state index < -0.39 is 0 Å². The molecule has 1 saturated heterocycles. The Balaban J connectivity index is 2.57. The van der Waals surface area contributed by atoms with E-state index in [1.165, 1.54) is 31.3 Å². The molecule has 0 radical (unpaired) electrons. The molecule has 0 aliphatic carbocycles. The number of likely N-dealkylation sites (tertiary alicyclic amines) is 1. The van der Waals surface area contributed by atoms with Gasteiger partial charge in [0.1, 0.15) is 0 Å². The predicted octanol–water partition coefficient (Wildman–Crippen LogP) is 6.61. The molecule has 0 aromatic carbocycles. The Bertz CT molecular complexity index is 500. The Morgan fingerprint density at radius 2 is 2.08 bits per heavy atom. The summed E-state index contributed by atoms with van der Waals surface area (Å²) in [6, 6.07) is 0.288. The molecule has 1 aliphatic heterocycles. The third kappa shape index (κ3) is 8.69. The summed E-state index contributed by atoms with van der Waals surface area (Å²) in [7, 11) is 0. The highest BCUT2D eigenvalue weighted by atomic mass is 16.2. The highest BCUT2D eigenvalue weighted by molar-refractivity contribution is 5.77. The number of amides is 1. The molecule has 0 bridgehead atoms. The van der Waals surface area contributed by atoms with Crippen LogP contribution in [0.5, 0.6) is 0 Å². The van der Waals surface area contributed by atoms with Gasteiger partial charge >= 0.3 is 0 Å². The van der Waals surface area contributed by atoms with Gasteiger partial charge < -0.3 is 4.90 Å². The van der Waals surface area contributed by atoms with Crippen LogP contribution in [0.1, 0.15) is 78.6 Å². The average Bonchev–Trinajstić information content (AvgIpc) is 2.64. The zero-order chi connectivity index (χ0) is 19.2. The lowest BCUT2D eigenvalue weighted by Gasteiger charge is -2.34. The van der Waals surface area contributed by atoms with Crippen LogP contribution < -0.4 is 0 Å². The fourth-order valence-corrected chi connectivity index (χ4v) is 3.52. The molecule has 2 unspecified atom stereocenters. The number of piperidine rings is 1. The molecule has 146 valence electrons. The van der Waals surface area contributed by atoms with Crippen molar-refractivity contribution in [3.05, 3.63) is 48.6 Å². The van der Waals surface area contributed by atoms with E-state index in [0.717, 1.165) is 38.6 Å². The Hall–Kier alpha value is -1.57. The second kappa shape index (κ2) is 13.6. The van der Waals surface area contributed by atoms with Gasteiger partial charge in [-0.2, -0.15) is 0 Å². The number of hydrogen-bond donors (Lipinski definition) is 0. The SMILES string of the molecule is C=C/C(=C\C=C/C)CC(C)/C=C/C1CCCC(=O)N1CCCCCCC. The monoisotopic (exact) mass is 357 g/mol. The van der Waals surface area contributed by atoms with Gasteiger partial charge in [-0.25, -0.2) is 0 Å². The fourth-order valence-electron chi connectivity index (χ4n) is 3.52. The molecule has 2 atom stereocenters. The summed E-state index contributed by atoms with van der Waals surface area (Å²) in [4.78, 5) is 14.5. The molecule has 1 amide bonds. The molecule has 1 heterocycles. The van der Waals surface area contributed by atoms with Crippen molar-refractivity contribution in [2.24, 2.45) is 5.92 Å². The standard InChI is InChI=1S/C24H39NO/c1-5-8-10-11-12-19-25-23(15-13-16-24(25)26)18-17-21(4)20-22(7-3)14-9-6-2/h6-7,9,14,17-18,21,23H,3,5,8,10-13,15-16,19-20H2,1-2,4H3/b9-6-,18-17+,22-14+. The van der Waals surface area contributed by atoms with E-state index in [1.54, 1.807) is 0 Å². The zero-order valence-electron chi connectivity index (χ0n) is 17.3. The first kappa shape index (κ1) is 22.5. The maximum atomic E-state index is 12.4. The van der Waals surface area contributed by atoms with Crippen LogP contribution in [0.4, 0.5) is 0 Å². The first-order chi connectivity index (χ1) is 12.6. The van der Waals surface area contributed by atoms with E-state index in [4.69, 9.17) is 0 Å². The summed E-state index contributed by atoms with van der Waals surface area (Å²) in [5, 5.41) is 0. The molecule has 0 saturated carbocycles. The Morgan fingerprint density at radius 1 is 1.31 bits per heavy atom. The van der Waals surface area contributed by atoms with Gasteiger partial charge in [0.15, 0.2) is 0 Å². The van der Waals surface area contributed by atoms with Gasteiger partial charge in [0.05, 0.1) is 0 Å². The number of nitrogens with zero attached hydrogens (tertiary/aromatic N) is 1. The fraction of sp³-hybridized carbons (Fsp3) is 0.625. The topological polar surface area (TPSA) is 20.3 Å². The van der Waals surface area contributed by atoms with E-state index in [-0.39, 0.29) is 6.04 Å². The predicted molar refractivity (Wildman–Crippen MR) is 114 cm³/mol. The van der Waals surface area contributed by atoms with Gasteiger partial charge in [-0.15, -0.1) is 0 Å². The van der Waals surface area contributed by atoms with Crippen molar-refractivity contribution >= 4 is 5.91 Å². The van der Waals surface area contributed by atoms with Crippen molar-refractivity contribution in [2.75, 3.05) is 6.54 Å². The highest BCUT2D eigenvalue weighted by Gasteiger charge is 2.25. The molecule has 0 N–H and O–H groups in total. The molecule has 26 heavy (non-hydrogen) atoms. The summed E-state index contributed by atoms with van der Waals surface area (Å²) in [5.41, 5.74) is 1.26. The van der Waals surface area contributed by atoms with E-state index in [0.29, 0.717) is 11.8 Å². The lowest BCUT2D eigenvalue weighted by atomic mass is 9.96. The molecule has 1 fully saturated rings. The summed E-state index contributed by atoms with van der Waals surface area (Å²) >= 11 is 0. The molecule has 1 rings (SSSR count). The van der Waals surface area contributed by atoms with Crippen molar-refractivity contribution in [1.29, 1.82) is 0 Å². The number of hydrogen-bond acceptors (Lipinski definition) is 1. The minimum absolute atomic E-state index is 0.288. The van der Waals surface area contributed by atoms with Crippen molar-refractivity contribution < 1.29 is 4.79 Å². The normalized spacial score (nSPS) is 20.3. The molecule has 2 nitrogen and oxygen atoms in total. The van der Waals surface area contributed by atoms with Crippen molar-refractivity contribution in [3.63, 3.8) is 0 Å². The third-order valence-corrected chi connectivity index (χ3v) is 5.10. The van der Waals surface area contributed by atoms with Crippen LogP contribution in [-0.2, 0) is 4.79 Å². The van der Waals surface area contributed by atoms with E-state index in [1.807, 2.05) is 19.1 Å². The molecule has 2 heteroatoms. The van der Waals surface area contributed by atoms with Gasteiger partial charge in [-0.1, -0.05) is 82.6 Å². The lowest BCUT2D eigenvalue weighted by molar-refractivity contribution is -0.135. The lowest BCUT2D eigenvalue weighted by Crippen LogP contribution is -2.43. The Labute approximate surface area is 161 Å². The Kier molecular flexibility index (Phi) is 11.8. The second-order valence-corrected chi connectivity index (χ2v) is 7.50. The third-order valence-electron chi connectivity index (χ3n) is 5.10. The maximum Gasteiger partial charge on any atom is 0.223 e. The van der Waals surface area contributed by atoms with Gasteiger partial charge in [0.2, 0.25) is 5.91 Å². The van der Waals surface area contributed by atoms with Gasteiger partial charge in [0.25, 0.3) is 0 Å². The first-order valence-corrected chi connectivity index (χ1v) is 10.5. The number of unbranched alkanes of at least 4 members (excludes halogenated alkanes) is 4. The molecule has 1 aliphatic rings. The number of carbonyl (C=O) groups excluding carboxylic acids is 1. The molecule has 0 spiro atoms. The van der Waals surface area contributed by atoms with Crippen LogP contribution in [0.2, 0.25) is 0 Å². The van der Waals surface area contributed by atoms with E-state index >= 15 is 0 Å². The van der Waals surface area contributed by atoms with Crippen molar-refractivity contribution in [2.45, 2.75) is 84.6 Å². The average molecular weight is 358 g/mol. The molecule has 0 aromatic rings. The minimum atomic E-state index is 0.288. The Morgan fingerprint density at radius 3 is 2.77 bits per heavy atom. The van der Waals surface area contributed by atoms with Crippen LogP contribution in [0.15, 0.2) is 48.6 Å². The van der Waals surface area contributed by atoms with Crippen molar-refractivity contribution in [3.8, 4) is 0 Å². The number of carbonyl (C=O) groups is 1. The second-order valence-electron chi connectivity index (χ2n) is 7.50. The van der Waals surface area contributed by atoms with Crippen LogP contribution in [0.3, 0.4) is 0 Å². The van der Waals surface area contributed by atoms with Gasteiger partial charge in [-0.3, -0.25) is 4.79 Å². The largest absolute Gasteiger partial charge is 0.336 e. The smallest absolute Gasteiger partial charge is 0.223 e. The molecule has 0 aromatic heterocycles. The molecular weight excluding hydrogens is 318 g/mol. The minimum Gasteiger partial charge on any atom is -0.336 e.